The molecule has 1 aromatic rings. The van der Waals surface area contributed by atoms with E-state index in [0.717, 1.165) is 0 Å². The molecule has 3 nitrogen and oxygen atoms in total. The van der Waals surface area contributed by atoms with E-state index in [1.54, 1.807) is 12.1 Å². The Labute approximate surface area is 95.3 Å². The van der Waals surface area contributed by atoms with Crippen molar-refractivity contribution in [1.82, 2.24) is 5.32 Å². The minimum absolute atomic E-state index is 0.258. The number of hydrogen-bond acceptors (Lipinski definition) is 2. The van der Waals surface area contributed by atoms with E-state index in [9.17, 15) is 13.6 Å². The van der Waals surface area contributed by atoms with Crippen molar-refractivity contribution in [3.63, 3.8) is 0 Å². The summed E-state index contributed by atoms with van der Waals surface area (Å²) in [7, 11) is 0. The minimum atomic E-state index is -3.14. The first-order chi connectivity index (χ1) is 7.49. The predicted octanol–water partition coefficient (Wildman–Crippen LogP) is 2.76. The number of benzene rings is 1. The lowest BCUT2D eigenvalue weighted by atomic mass is 10.0. The van der Waals surface area contributed by atoms with Crippen LogP contribution in [0, 0.1) is 0 Å². The number of ether oxygens (including phenoxy) is 1. The number of amides is 1. The van der Waals surface area contributed by atoms with Crippen LogP contribution in [0.2, 0.25) is 5.02 Å². The molecule has 1 atom stereocenters. The Balaban J connectivity index is 2.33. The molecular formula is C10H8ClF2NO2. The van der Waals surface area contributed by atoms with Crippen LogP contribution in [0.3, 0.4) is 0 Å². The van der Waals surface area contributed by atoms with Crippen molar-refractivity contribution >= 4 is 17.7 Å². The van der Waals surface area contributed by atoms with Gasteiger partial charge in [0.2, 0.25) is 0 Å². The molecule has 0 unspecified atom stereocenters. The Kier molecular flexibility index (Phi) is 2.71. The van der Waals surface area contributed by atoms with Gasteiger partial charge in [-0.1, -0.05) is 23.7 Å². The molecule has 1 saturated heterocycles. The first-order valence-electron chi connectivity index (χ1n) is 4.55. The van der Waals surface area contributed by atoms with E-state index >= 15 is 0 Å². The number of halogens is 3. The Hall–Kier alpha value is -1.36. The van der Waals surface area contributed by atoms with E-state index in [4.69, 9.17) is 11.6 Å². The predicted molar refractivity (Wildman–Crippen MR) is 53.6 cm³/mol. The van der Waals surface area contributed by atoms with Gasteiger partial charge >= 0.3 is 12.0 Å². The fourth-order valence-electron chi connectivity index (χ4n) is 1.52. The third kappa shape index (κ3) is 2.09. The standard InChI is InChI=1S/C10H8ClF2NO2/c11-7-3-1-2-6(4-7)8-10(12,13)5-16-9(15)14-8/h1-4,8H,5H2,(H,14,15)/t8-/m0/s1. The summed E-state index contributed by atoms with van der Waals surface area (Å²) in [4.78, 5) is 10.9. The van der Waals surface area contributed by atoms with Crippen molar-refractivity contribution in [2.45, 2.75) is 12.0 Å². The lowest BCUT2D eigenvalue weighted by molar-refractivity contribution is -0.104. The first kappa shape index (κ1) is 11.1. The molecule has 1 aliphatic heterocycles. The highest BCUT2D eigenvalue weighted by Crippen LogP contribution is 2.35. The minimum Gasteiger partial charge on any atom is -0.443 e. The van der Waals surface area contributed by atoms with Crippen molar-refractivity contribution in [3.8, 4) is 0 Å². The van der Waals surface area contributed by atoms with Gasteiger partial charge in [0.05, 0.1) is 0 Å². The maximum Gasteiger partial charge on any atom is 0.408 e. The van der Waals surface area contributed by atoms with Crippen molar-refractivity contribution < 1.29 is 18.3 Å². The number of alkyl carbamates (subject to hydrolysis) is 1. The van der Waals surface area contributed by atoms with Crippen LogP contribution in [-0.2, 0) is 4.74 Å². The first-order valence-corrected chi connectivity index (χ1v) is 4.93. The molecule has 0 spiro atoms. The molecule has 1 aliphatic rings. The van der Waals surface area contributed by atoms with Crippen molar-refractivity contribution in [1.29, 1.82) is 0 Å². The molecule has 0 radical (unpaired) electrons. The van der Waals surface area contributed by atoms with Gasteiger partial charge in [-0.15, -0.1) is 0 Å². The summed E-state index contributed by atoms with van der Waals surface area (Å²) in [6.07, 6.45) is -0.851. The molecule has 1 N–H and O–H groups in total. The molecule has 86 valence electrons. The van der Waals surface area contributed by atoms with Gasteiger partial charge in [0.25, 0.3) is 0 Å². The largest absolute Gasteiger partial charge is 0.443 e. The summed E-state index contributed by atoms with van der Waals surface area (Å²) in [5.41, 5.74) is 0.258. The van der Waals surface area contributed by atoms with E-state index in [0.29, 0.717) is 5.02 Å². The second-order valence-electron chi connectivity index (χ2n) is 3.47. The maximum absolute atomic E-state index is 13.5. The van der Waals surface area contributed by atoms with Gasteiger partial charge in [0.15, 0.2) is 6.61 Å². The number of hydrogen-bond donors (Lipinski definition) is 1. The quantitative estimate of drug-likeness (QED) is 0.829. The van der Waals surface area contributed by atoms with Crippen LogP contribution < -0.4 is 5.32 Å². The highest BCUT2D eigenvalue weighted by atomic mass is 35.5. The number of carbonyl (C=O) groups excluding carboxylic acids is 1. The molecule has 6 heteroatoms. The summed E-state index contributed by atoms with van der Waals surface area (Å²) >= 11 is 5.70. The Bertz CT molecular complexity index is 425. The number of alkyl halides is 2. The van der Waals surface area contributed by atoms with Crippen LogP contribution in [-0.4, -0.2) is 18.6 Å². The Morgan fingerprint density at radius 2 is 2.25 bits per heavy atom. The van der Waals surface area contributed by atoms with Crippen molar-refractivity contribution in [3.05, 3.63) is 34.9 Å². The van der Waals surface area contributed by atoms with Gasteiger partial charge in [-0.05, 0) is 17.7 Å². The molecule has 1 aromatic carbocycles. The number of rotatable bonds is 1. The fourth-order valence-corrected chi connectivity index (χ4v) is 1.72. The van der Waals surface area contributed by atoms with E-state index in [2.05, 4.69) is 10.1 Å². The van der Waals surface area contributed by atoms with E-state index < -0.39 is 24.7 Å². The maximum atomic E-state index is 13.5. The van der Waals surface area contributed by atoms with E-state index in [-0.39, 0.29) is 5.56 Å². The van der Waals surface area contributed by atoms with E-state index in [1.165, 1.54) is 12.1 Å². The van der Waals surface area contributed by atoms with Crippen molar-refractivity contribution in [2.75, 3.05) is 6.61 Å². The highest BCUT2D eigenvalue weighted by Gasteiger charge is 2.46. The SMILES string of the molecule is O=C1N[C@@H](c2cccc(Cl)c2)C(F)(F)CO1. The van der Waals surface area contributed by atoms with Gasteiger partial charge in [-0.2, -0.15) is 0 Å². The zero-order valence-electron chi connectivity index (χ0n) is 8.04. The molecule has 2 rings (SSSR count). The van der Waals surface area contributed by atoms with Gasteiger partial charge in [-0.3, -0.25) is 0 Å². The molecule has 0 bridgehead atoms. The third-order valence-corrected chi connectivity index (χ3v) is 2.50. The molecule has 1 fully saturated rings. The second kappa shape index (κ2) is 3.90. The lowest BCUT2D eigenvalue weighted by Gasteiger charge is -2.31. The molecule has 1 amide bonds. The Morgan fingerprint density at radius 3 is 2.94 bits per heavy atom. The van der Waals surface area contributed by atoms with Crippen LogP contribution in [0.5, 0.6) is 0 Å². The zero-order chi connectivity index (χ0) is 11.8. The van der Waals surface area contributed by atoms with Crippen LogP contribution in [0.1, 0.15) is 11.6 Å². The second-order valence-corrected chi connectivity index (χ2v) is 3.91. The van der Waals surface area contributed by atoms with Gasteiger partial charge < -0.3 is 10.1 Å². The summed E-state index contributed by atoms with van der Waals surface area (Å²) in [5, 5.41) is 2.42. The molecule has 0 saturated carbocycles. The summed E-state index contributed by atoms with van der Waals surface area (Å²) in [6.45, 7) is -0.921. The molecule has 16 heavy (non-hydrogen) atoms. The van der Waals surface area contributed by atoms with E-state index in [1.807, 2.05) is 0 Å². The summed E-state index contributed by atoms with van der Waals surface area (Å²) in [5.74, 6) is -3.14. The topological polar surface area (TPSA) is 38.3 Å². The van der Waals surface area contributed by atoms with Crippen LogP contribution in [0.15, 0.2) is 24.3 Å². The number of carbonyl (C=O) groups is 1. The molecular weight excluding hydrogens is 240 g/mol. The summed E-state index contributed by atoms with van der Waals surface area (Å²) in [6, 6.07) is 4.61. The average Bonchev–Trinajstić information content (AvgIpc) is 2.22. The molecule has 0 aromatic heterocycles. The van der Waals surface area contributed by atoms with Gasteiger partial charge in [0, 0.05) is 5.02 Å². The van der Waals surface area contributed by atoms with Crippen LogP contribution >= 0.6 is 11.6 Å². The molecule has 1 heterocycles. The van der Waals surface area contributed by atoms with Crippen molar-refractivity contribution in [2.24, 2.45) is 0 Å². The lowest BCUT2D eigenvalue weighted by Crippen LogP contribution is -2.49. The summed E-state index contributed by atoms with van der Waals surface area (Å²) < 4.78 is 31.2. The van der Waals surface area contributed by atoms with Crippen LogP contribution in [0.25, 0.3) is 0 Å². The zero-order valence-corrected chi connectivity index (χ0v) is 8.80. The number of nitrogens with one attached hydrogen (secondary N) is 1. The average molecular weight is 248 g/mol. The third-order valence-electron chi connectivity index (χ3n) is 2.26. The number of cyclic esters (lactones) is 1. The van der Waals surface area contributed by atoms with Crippen LogP contribution in [0.4, 0.5) is 13.6 Å². The van der Waals surface area contributed by atoms with Gasteiger partial charge in [-0.25, -0.2) is 13.6 Å². The normalized spacial score (nSPS) is 23.4. The smallest absolute Gasteiger partial charge is 0.408 e. The Morgan fingerprint density at radius 1 is 1.50 bits per heavy atom. The highest BCUT2D eigenvalue weighted by molar-refractivity contribution is 6.30. The molecule has 0 aliphatic carbocycles. The monoisotopic (exact) mass is 247 g/mol. The van der Waals surface area contributed by atoms with Gasteiger partial charge in [0.1, 0.15) is 6.04 Å². The fraction of sp³-hybridized carbons (Fsp3) is 0.300.